The van der Waals surface area contributed by atoms with Crippen molar-refractivity contribution in [1.29, 1.82) is 0 Å². The van der Waals surface area contributed by atoms with E-state index < -0.39 is 0 Å². The van der Waals surface area contributed by atoms with Gasteiger partial charge in [0.2, 0.25) is 5.91 Å². The van der Waals surface area contributed by atoms with Crippen LogP contribution in [0.15, 0.2) is 0 Å². The first-order chi connectivity index (χ1) is 9.13. The molecule has 3 nitrogen and oxygen atoms in total. The molecule has 0 unspecified atom stereocenters. The number of carbonyl (C=O) groups excluding carboxylic acids is 1. The molecule has 0 saturated heterocycles. The topological polar surface area (TPSA) is 41.1 Å². The van der Waals surface area contributed by atoms with Crippen LogP contribution in [0.4, 0.5) is 0 Å². The van der Waals surface area contributed by atoms with E-state index in [-0.39, 0.29) is 0 Å². The third-order valence-corrected chi connectivity index (χ3v) is 5.51. The summed E-state index contributed by atoms with van der Waals surface area (Å²) in [7, 11) is 0. The van der Waals surface area contributed by atoms with Crippen LogP contribution in [0.1, 0.15) is 46.0 Å². The average molecular weight is 264 g/mol. The quantitative estimate of drug-likeness (QED) is 0.747. The van der Waals surface area contributed by atoms with Crippen LogP contribution < -0.4 is 10.6 Å². The van der Waals surface area contributed by atoms with E-state index in [1.807, 2.05) is 0 Å². The Kier molecular flexibility index (Phi) is 3.84. The van der Waals surface area contributed by atoms with E-state index in [4.69, 9.17) is 0 Å². The van der Waals surface area contributed by atoms with E-state index in [2.05, 4.69) is 24.5 Å². The zero-order chi connectivity index (χ0) is 13.4. The third kappa shape index (κ3) is 2.81. The average Bonchev–Trinajstić information content (AvgIpc) is 2.33. The number of rotatable bonds is 5. The molecule has 0 aliphatic heterocycles. The molecular formula is C16H28N2O. The standard InChI is InChI=1S/C16H28N2O/c1-10(2)17-3-4-18-16(19)15-13-6-11-5-12(8-13)9-14(15)7-11/h10-15,17H,3-9H2,1-2H3,(H,18,19). The maximum absolute atomic E-state index is 12.4. The van der Waals surface area contributed by atoms with Crippen LogP contribution in [0.3, 0.4) is 0 Å². The van der Waals surface area contributed by atoms with Crippen LogP contribution in [-0.4, -0.2) is 25.0 Å². The second-order valence-electron chi connectivity index (χ2n) is 7.36. The summed E-state index contributed by atoms with van der Waals surface area (Å²) in [5, 5.41) is 6.52. The Morgan fingerprint density at radius 1 is 1.00 bits per heavy atom. The van der Waals surface area contributed by atoms with Crippen LogP contribution in [0.2, 0.25) is 0 Å². The van der Waals surface area contributed by atoms with Crippen molar-refractivity contribution in [2.45, 2.75) is 52.0 Å². The fraction of sp³-hybridized carbons (Fsp3) is 0.938. The molecule has 0 heterocycles. The molecule has 0 radical (unpaired) electrons. The molecular weight excluding hydrogens is 236 g/mol. The molecule has 0 spiro atoms. The number of carbonyl (C=O) groups is 1. The molecule has 0 aromatic carbocycles. The fourth-order valence-corrected chi connectivity index (χ4v) is 5.02. The molecule has 0 aromatic heterocycles. The van der Waals surface area contributed by atoms with Gasteiger partial charge < -0.3 is 10.6 Å². The molecule has 4 aliphatic carbocycles. The van der Waals surface area contributed by atoms with Gasteiger partial charge in [-0.25, -0.2) is 0 Å². The van der Waals surface area contributed by atoms with E-state index in [1.165, 1.54) is 32.1 Å². The van der Waals surface area contributed by atoms with Gasteiger partial charge in [0.05, 0.1) is 0 Å². The minimum absolute atomic E-state index is 0.340. The van der Waals surface area contributed by atoms with E-state index in [1.54, 1.807) is 0 Å². The van der Waals surface area contributed by atoms with Gasteiger partial charge in [-0.3, -0.25) is 4.79 Å². The Morgan fingerprint density at radius 2 is 1.58 bits per heavy atom. The summed E-state index contributed by atoms with van der Waals surface area (Å²) >= 11 is 0. The second-order valence-corrected chi connectivity index (χ2v) is 7.36. The highest BCUT2D eigenvalue weighted by molar-refractivity contribution is 5.79. The number of hydrogen-bond donors (Lipinski definition) is 2. The highest BCUT2D eigenvalue weighted by Crippen LogP contribution is 2.56. The minimum Gasteiger partial charge on any atom is -0.355 e. The van der Waals surface area contributed by atoms with Crippen LogP contribution in [-0.2, 0) is 4.79 Å². The molecule has 4 bridgehead atoms. The van der Waals surface area contributed by atoms with Crippen molar-refractivity contribution in [3.63, 3.8) is 0 Å². The Bertz CT molecular complexity index is 312. The van der Waals surface area contributed by atoms with E-state index in [0.29, 0.717) is 29.7 Å². The van der Waals surface area contributed by atoms with Crippen molar-refractivity contribution in [2.24, 2.45) is 29.6 Å². The molecule has 2 N–H and O–H groups in total. The zero-order valence-corrected chi connectivity index (χ0v) is 12.3. The molecule has 4 fully saturated rings. The summed E-state index contributed by atoms with van der Waals surface area (Å²) in [6.45, 7) is 5.94. The van der Waals surface area contributed by atoms with Crippen LogP contribution in [0.25, 0.3) is 0 Å². The molecule has 4 rings (SSSR count). The van der Waals surface area contributed by atoms with Crippen molar-refractivity contribution in [2.75, 3.05) is 13.1 Å². The van der Waals surface area contributed by atoms with Gasteiger partial charge in [0.25, 0.3) is 0 Å². The highest BCUT2D eigenvalue weighted by Gasteiger charge is 2.50. The normalized spacial score (nSPS) is 39.8. The lowest BCUT2D eigenvalue weighted by molar-refractivity contribution is -0.138. The number of nitrogens with one attached hydrogen (secondary N) is 2. The van der Waals surface area contributed by atoms with Gasteiger partial charge in [-0.1, -0.05) is 13.8 Å². The molecule has 0 aromatic rings. The fourth-order valence-electron chi connectivity index (χ4n) is 5.02. The SMILES string of the molecule is CC(C)NCCNC(=O)C1C2CC3CC(C2)CC1C3. The second kappa shape index (κ2) is 5.43. The number of amides is 1. The van der Waals surface area contributed by atoms with Crippen LogP contribution in [0, 0.1) is 29.6 Å². The van der Waals surface area contributed by atoms with Crippen LogP contribution >= 0.6 is 0 Å². The zero-order valence-electron chi connectivity index (χ0n) is 12.3. The first-order valence-electron chi connectivity index (χ1n) is 8.14. The van der Waals surface area contributed by atoms with Crippen molar-refractivity contribution in [1.82, 2.24) is 10.6 Å². The van der Waals surface area contributed by atoms with Crippen molar-refractivity contribution in [3.05, 3.63) is 0 Å². The van der Waals surface area contributed by atoms with Crippen molar-refractivity contribution in [3.8, 4) is 0 Å². The maximum atomic E-state index is 12.4. The summed E-state index contributed by atoms with van der Waals surface area (Å²) in [5.41, 5.74) is 0. The Labute approximate surface area is 116 Å². The summed E-state index contributed by atoms with van der Waals surface area (Å²) < 4.78 is 0. The van der Waals surface area contributed by atoms with E-state index in [0.717, 1.165) is 24.9 Å². The lowest BCUT2D eigenvalue weighted by atomic mass is 9.51. The lowest BCUT2D eigenvalue weighted by Crippen LogP contribution is -2.51. The first kappa shape index (κ1) is 13.4. The van der Waals surface area contributed by atoms with Gasteiger partial charge in [-0.2, -0.15) is 0 Å². The largest absolute Gasteiger partial charge is 0.355 e. The molecule has 4 aliphatic rings. The maximum Gasteiger partial charge on any atom is 0.223 e. The molecule has 3 heteroatoms. The minimum atomic E-state index is 0.340. The predicted octanol–water partition coefficient (Wildman–Crippen LogP) is 2.17. The highest BCUT2D eigenvalue weighted by atomic mass is 16.1. The van der Waals surface area contributed by atoms with Crippen LogP contribution in [0.5, 0.6) is 0 Å². The van der Waals surface area contributed by atoms with Gasteiger partial charge >= 0.3 is 0 Å². The summed E-state index contributed by atoms with van der Waals surface area (Å²) in [4.78, 5) is 12.4. The van der Waals surface area contributed by atoms with E-state index >= 15 is 0 Å². The van der Waals surface area contributed by atoms with Gasteiger partial charge in [0.1, 0.15) is 0 Å². The van der Waals surface area contributed by atoms with Gasteiger partial charge in [0, 0.05) is 25.0 Å². The van der Waals surface area contributed by atoms with Crippen molar-refractivity contribution < 1.29 is 4.79 Å². The van der Waals surface area contributed by atoms with Gasteiger partial charge in [0.15, 0.2) is 0 Å². The number of hydrogen-bond acceptors (Lipinski definition) is 2. The summed E-state index contributed by atoms with van der Waals surface area (Å²) in [6.07, 6.45) is 6.77. The third-order valence-electron chi connectivity index (χ3n) is 5.51. The molecule has 1 amide bonds. The predicted molar refractivity (Wildman–Crippen MR) is 76.7 cm³/mol. The van der Waals surface area contributed by atoms with Gasteiger partial charge in [-0.15, -0.1) is 0 Å². The Balaban J connectivity index is 1.50. The van der Waals surface area contributed by atoms with Gasteiger partial charge in [-0.05, 0) is 55.8 Å². The monoisotopic (exact) mass is 264 g/mol. The lowest BCUT2D eigenvalue weighted by Gasteiger charge is -2.53. The Hall–Kier alpha value is -0.570. The van der Waals surface area contributed by atoms with E-state index in [9.17, 15) is 4.79 Å². The summed E-state index contributed by atoms with van der Waals surface area (Å²) in [6, 6.07) is 0.498. The summed E-state index contributed by atoms with van der Waals surface area (Å²) in [5.74, 6) is 4.00. The Morgan fingerprint density at radius 3 is 2.11 bits per heavy atom. The molecule has 4 saturated carbocycles. The van der Waals surface area contributed by atoms with Crippen molar-refractivity contribution >= 4 is 5.91 Å². The molecule has 19 heavy (non-hydrogen) atoms. The molecule has 108 valence electrons. The molecule has 0 atom stereocenters. The first-order valence-corrected chi connectivity index (χ1v) is 8.14. The smallest absolute Gasteiger partial charge is 0.223 e.